The van der Waals surface area contributed by atoms with Gasteiger partial charge in [-0.1, -0.05) is 0 Å². The molecule has 1 N–H and O–H groups in total. The minimum atomic E-state index is -4.44. The van der Waals surface area contributed by atoms with E-state index >= 15 is 0 Å². The Bertz CT molecular complexity index is 968. The Morgan fingerprint density at radius 2 is 1.58 bits per heavy atom. The molecule has 2 aliphatic rings. The molecule has 1 fully saturated rings. The van der Waals surface area contributed by atoms with Gasteiger partial charge in [-0.15, -0.1) is 0 Å². The highest BCUT2D eigenvalue weighted by molar-refractivity contribution is 5.95. The molecule has 0 atom stereocenters. The lowest BCUT2D eigenvalue weighted by atomic mass is 9.95. The van der Waals surface area contributed by atoms with Crippen LogP contribution in [0.5, 0.6) is 11.5 Å². The van der Waals surface area contributed by atoms with E-state index in [1.54, 1.807) is 23.1 Å². The number of nitrogens with one attached hydrogen (secondary N) is 1. The number of halogens is 3. The molecule has 2 aliphatic heterocycles. The number of anilines is 1. The fourth-order valence-corrected chi connectivity index (χ4v) is 3.69. The summed E-state index contributed by atoms with van der Waals surface area (Å²) in [5.41, 5.74) is 0.0169. The van der Waals surface area contributed by atoms with E-state index < -0.39 is 11.7 Å². The number of hydrogen-bond donors (Lipinski definition) is 1. The van der Waals surface area contributed by atoms with E-state index in [2.05, 4.69) is 5.32 Å². The maximum absolute atomic E-state index is 12.7. The summed E-state index contributed by atoms with van der Waals surface area (Å²) in [5, 5.41) is 2.87. The minimum Gasteiger partial charge on any atom is -0.486 e. The number of hydrogen-bond acceptors (Lipinski definition) is 4. The molecule has 2 aromatic rings. The molecule has 0 bridgehead atoms. The second-order valence-corrected chi connectivity index (χ2v) is 7.49. The molecule has 164 valence electrons. The summed E-state index contributed by atoms with van der Waals surface area (Å²) >= 11 is 0. The second kappa shape index (κ2) is 8.49. The van der Waals surface area contributed by atoms with Crippen molar-refractivity contribution in [2.24, 2.45) is 5.92 Å². The predicted octanol–water partition coefficient (Wildman–Crippen LogP) is 3.97. The van der Waals surface area contributed by atoms with E-state index in [4.69, 9.17) is 9.47 Å². The maximum atomic E-state index is 12.7. The highest BCUT2D eigenvalue weighted by Crippen LogP contribution is 2.33. The van der Waals surface area contributed by atoms with Gasteiger partial charge in [0.15, 0.2) is 11.5 Å². The van der Waals surface area contributed by atoms with Crippen LogP contribution < -0.4 is 14.8 Å². The first kappa shape index (κ1) is 21.0. The molecule has 2 amide bonds. The van der Waals surface area contributed by atoms with Crippen molar-refractivity contribution in [3.63, 3.8) is 0 Å². The van der Waals surface area contributed by atoms with Gasteiger partial charge >= 0.3 is 6.18 Å². The van der Waals surface area contributed by atoms with Crippen molar-refractivity contribution in [1.29, 1.82) is 0 Å². The van der Waals surface area contributed by atoms with Crippen molar-refractivity contribution in [1.82, 2.24) is 4.90 Å². The van der Waals surface area contributed by atoms with Gasteiger partial charge in [0.1, 0.15) is 13.2 Å². The molecule has 0 aromatic heterocycles. The average Bonchev–Trinajstić information content (AvgIpc) is 2.78. The van der Waals surface area contributed by atoms with Crippen LogP contribution in [0.25, 0.3) is 0 Å². The number of carbonyl (C=O) groups excluding carboxylic acids is 2. The number of alkyl halides is 3. The topological polar surface area (TPSA) is 67.9 Å². The summed E-state index contributed by atoms with van der Waals surface area (Å²) in [7, 11) is 0. The third-order valence-corrected chi connectivity index (χ3v) is 5.42. The van der Waals surface area contributed by atoms with Crippen LogP contribution in [0.1, 0.15) is 28.8 Å². The fourth-order valence-electron chi connectivity index (χ4n) is 3.69. The number of ether oxygens (including phenoxy) is 2. The Labute approximate surface area is 176 Å². The SMILES string of the molecule is O=C(Nc1ccc2c(c1)OCCO2)C1CCN(C(=O)c2ccc(C(F)(F)F)cc2)CC1. The summed E-state index contributed by atoms with van der Waals surface area (Å²) in [6.45, 7) is 1.66. The van der Waals surface area contributed by atoms with E-state index in [1.807, 2.05) is 0 Å². The Morgan fingerprint density at radius 1 is 0.935 bits per heavy atom. The predicted molar refractivity (Wildman–Crippen MR) is 106 cm³/mol. The van der Waals surface area contributed by atoms with Gasteiger partial charge in [0.2, 0.25) is 5.91 Å². The van der Waals surface area contributed by atoms with Crippen LogP contribution in [-0.2, 0) is 11.0 Å². The zero-order valence-corrected chi connectivity index (χ0v) is 16.6. The number of amides is 2. The molecule has 31 heavy (non-hydrogen) atoms. The van der Waals surface area contributed by atoms with Gasteiger partial charge in [0.05, 0.1) is 5.56 Å². The molecule has 2 aromatic carbocycles. The normalized spacial score (nSPS) is 16.7. The molecule has 4 rings (SSSR count). The van der Waals surface area contributed by atoms with Crippen LogP contribution in [0.4, 0.5) is 18.9 Å². The molecular weight excluding hydrogens is 413 g/mol. The monoisotopic (exact) mass is 434 g/mol. The summed E-state index contributed by atoms with van der Waals surface area (Å²) in [6, 6.07) is 9.39. The van der Waals surface area contributed by atoms with Crippen molar-refractivity contribution >= 4 is 17.5 Å². The molecule has 0 saturated carbocycles. The third-order valence-electron chi connectivity index (χ3n) is 5.42. The number of carbonyl (C=O) groups is 2. The molecule has 9 heteroatoms. The van der Waals surface area contributed by atoms with Crippen molar-refractivity contribution in [3.05, 3.63) is 53.6 Å². The first-order chi connectivity index (χ1) is 14.8. The maximum Gasteiger partial charge on any atom is 0.416 e. The number of benzene rings is 2. The standard InChI is InChI=1S/C22H21F3N2O4/c23-22(24,25)16-3-1-15(2-4-16)21(29)27-9-7-14(8-10-27)20(28)26-17-5-6-18-19(13-17)31-12-11-30-18/h1-6,13-14H,7-12H2,(H,26,28). The Hall–Kier alpha value is -3.23. The Balaban J connectivity index is 1.32. The molecule has 6 nitrogen and oxygen atoms in total. The highest BCUT2D eigenvalue weighted by atomic mass is 19.4. The summed E-state index contributed by atoms with van der Waals surface area (Å²) in [4.78, 5) is 26.8. The largest absolute Gasteiger partial charge is 0.486 e. The zero-order chi connectivity index (χ0) is 22.0. The number of rotatable bonds is 3. The van der Waals surface area contributed by atoms with Crippen LogP contribution in [0.15, 0.2) is 42.5 Å². The summed E-state index contributed by atoms with van der Waals surface area (Å²) in [5.74, 6) is 0.489. The molecule has 0 unspecified atom stereocenters. The van der Waals surface area contributed by atoms with Crippen molar-refractivity contribution < 1.29 is 32.2 Å². The van der Waals surface area contributed by atoms with Gasteiger partial charge < -0.3 is 19.7 Å². The molecule has 0 radical (unpaired) electrons. The van der Waals surface area contributed by atoms with Gasteiger partial charge in [-0.2, -0.15) is 13.2 Å². The van der Waals surface area contributed by atoms with Crippen LogP contribution >= 0.6 is 0 Å². The second-order valence-electron chi connectivity index (χ2n) is 7.49. The number of piperidine rings is 1. The first-order valence-corrected chi connectivity index (χ1v) is 9.98. The average molecular weight is 434 g/mol. The summed E-state index contributed by atoms with van der Waals surface area (Å²) in [6.07, 6.45) is -3.49. The smallest absolute Gasteiger partial charge is 0.416 e. The number of likely N-dealkylation sites (tertiary alicyclic amines) is 1. The molecule has 1 saturated heterocycles. The van der Waals surface area contributed by atoms with Gasteiger partial charge in [0.25, 0.3) is 5.91 Å². The minimum absolute atomic E-state index is 0.140. The number of fused-ring (bicyclic) bond motifs is 1. The van der Waals surface area contributed by atoms with E-state index in [-0.39, 0.29) is 23.3 Å². The van der Waals surface area contributed by atoms with Gasteiger partial charge in [-0.05, 0) is 49.2 Å². The van der Waals surface area contributed by atoms with Crippen LogP contribution in [0.2, 0.25) is 0 Å². The molecule has 2 heterocycles. The van der Waals surface area contributed by atoms with Crippen molar-refractivity contribution in [3.8, 4) is 11.5 Å². The van der Waals surface area contributed by atoms with Gasteiger partial charge in [0, 0.05) is 36.3 Å². The van der Waals surface area contributed by atoms with E-state index in [1.165, 1.54) is 12.1 Å². The van der Waals surface area contributed by atoms with Crippen LogP contribution in [0, 0.1) is 5.92 Å². The van der Waals surface area contributed by atoms with E-state index in [9.17, 15) is 22.8 Å². The summed E-state index contributed by atoms with van der Waals surface area (Å²) < 4.78 is 49.0. The lowest BCUT2D eigenvalue weighted by Crippen LogP contribution is -2.41. The number of nitrogens with zero attached hydrogens (tertiary/aromatic N) is 1. The zero-order valence-electron chi connectivity index (χ0n) is 16.6. The van der Waals surface area contributed by atoms with Crippen molar-refractivity contribution in [2.75, 3.05) is 31.6 Å². The van der Waals surface area contributed by atoms with Crippen LogP contribution in [-0.4, -0.2) is 43.0 Å². The molecule has 0 spiro atoms. The Kier molecular flexibility index (Phi) is 5.75. The first-order valence-electron chi connectivity index (χ1n) is 9.98. The fraction of sp³-hybridized carbons (Fsp3) is 0.364. The lowest BCUT2D eigenvalue weighted by molar-refractivity contribution is -0.137. The van der Waals surface area contributed by atoms with Crippen LogP contribution in [0.3, 0.4) is 0 Å². The lowest BCUT2D eigenvalue weighted by Gasteiger charge is -2.31. The van der Waals surface area contributed by atoms with E-state index in [0.717, 1.165) is 12.1 Å². The van der Waals surface area contributed by atoms with Gasteiger partial charge in [-0.3, -0.25) is 9.59 Å². The third kappa shape index (κ3) is 4.76. The van der Waals surface area contributed by atoms with Crippen molar-refractivity contribution in [2.45, 2.75) is 19.0 Å². The highest BCUT2D eigenvalue weighted by Gasteiger charge is 2.31. The molecular formula is C22H21F3N2O4. The quantitative estimate of drug-likeness (QED) is 0.794. The molecule has 0 aliphatic carbocycles. The van der Waals surface area contributed by atoms with Gasteiger partial charge in [-0.25, -0.2) is 0 Å². The van der Waals surface area contributed by atoms with E-state index in [0.29, 0.717) is 56.3 Å². The Morgan fingerprint density at radius 3 is 2.23 bits per heavy atom.